The van der Waals surface area contributed by atoms with Crippen LogP contribution in [0, 0.1) is 11.8 Å². The summed E-state index contributed by atoms with van der Waals surface area (Å²) in [6.45, 7) is 5.73. The lowest BCUT2D eigenvalue weighted by atomic mass is 9.70. The highest BCUT2D eigenvalue weighted by molar-refractivity contribution is 5.13. The van der Waals surface area contributed by atoms with Gasteiger partial charge in [0.05, 0.1) is 12.2 Å². The quantitative estimate of drug-likeness (QED) is 0.790. The second-order valence-corrected chi connectivity index (χ2v) is 6.43. The summed E-state index contributed by atoms with van der Waals surface area (Å²) in [7, 11) is 0. The summed E-state index contributed by atoms with van der Waals surface area (Å²) in [5.41, 5.74) is 0.793. The third-order valence-electron chi connectivity index (χ3n) is 4.83. The van der Waals surface area contributed by atoms with Crippen molar-refractivity contribution >= 4 is 0 Å². The van der Waals surface area contributed by atoms with Gasteiger partial charge in [-0.3, -0.25) is 0 Å². The summed E-state index contributed by atoms with van der Waals surface area (Å²) in [4.78, 5) is 0. The first-order chi connectivity index (χ1) is 9.62. The zero-order valence-electron chi connectivity index (χ0n) is 12.8. The molecule has 2 heteroatoms. The number of benzene rings is 1. The Labute approximate surface area is 123 Å². The molecule has 1 aromatic carbocycles. The number of hydrogen-bond acceptors (Lipinski definition) is 2. The highest BCUT2D eigenvalue weighted by atomic mass is 16.5. The van der Waals surface area contributed by atoms with Crippen LogP contribution in [0.1, 0.15) is 51.5 Å². The Morgan fingerprint density at radius 2 is 2.05 bits per heavy atom. The van der Waals surface area contributed by atoms with E-state index in [1.807, 2.05) is 25.1 Å². The van der Waals surface area contributed by atoms with Gasteiger partial charge in [-0.15, -0.1) is 0 Å². The van der Waals surface area contributed by atoms with Gasteiger partial charge in [0.25, 0.3) is 0 Å². The standard InChI is InChI=1S/C18H28O2/c1-3-17-13-15(9-11-18(17,2)19)10-12-20-14-16-7-5-4-6-8-16/h4-8,15,17,19H,3,9-14H2,1-2H3/t15-,17+,18-/m0/s1. The van der Waals surface area contributed by atoms with Crippen molar-refractivity contribution < 1.29 is 9.84 Å². The zero-order valence-corrected chi connectivity index (χ0v) is 12.8. The molecule has 0 unspecified atom stereocenters. The van der Waals surface area contributed by atoms with E-state index in [0.717, 1.165) is 44.6 Å². The predicted octanol–water partition coefficient (Wildman–Crippen LogP) is 4.17. The second kappa shape index (κ2) is 7.24. The Bertz CT molecular complexity index is 386. The molecule has 1 aromatic rings. The van der Waals surface area contributed by atoms with Crippen LogP contribution < -0.4 is 0 Å². The van der Waals surface area contributed by atoms with E-state index in [4.69, 9.17) is 4.74 Å². The molecule has 2 rings (SSSR count). The van der Waals surface area contributed by atoms with Crippen molar-refractivity contribution in [2.75, 3.05) is 6.61 Å². The van der Waals surface area contributed by atoms with Gasteiger partial charge in [-0.25, -0.2) is 0 Å². The molecule has 1 aliphatic rings. The summed E-state index contributed by atoms with van der Waals surface area (Å²) >= 11 is 0. The third kappa shape index (κ3) is 4.32. The molecule has 0 spiro atoms. The predicted molar refractivity (Wildman–Crippen MR) is 82.5 cm³/mol. The maximum absolute atomic E-state index is 10.3. The average molecular weight is 276 g/mol. The second-order valence-electron chi connectivity index (χ2n) is 6.43. The molecule has 0 bridgehead atoms. The molecule has 0 radical (unpaired) electrons. The first-order valence-corrected chi connectivity index (χ1v) is 7.96. The topological polar surface area (TPSA) is 29.5 Å². The van der Waals surface area contributed by atoms with Crippen LogP contribution in [-0.2, 0) is 11.3 Å². The van der Waals surface area contributed by atoms with Crippen molar-refractivity contribution in [2.45, 2.75) is 58.2 Å². The molecule has 1 fully saturated rings. The maximum Gasteiger partial charge on any atom is 0.0716 e. The Balaban J connectivity index is 1.67. The molecule has 0 saturated heterocycles. The van der Waals surface area contributed by atoms with E-state index < -0.39 is 5.60 Å². The van der Waals surface area contributed by atoms with E-state index in [-0.39, 0.29) is 0 Å². The number of aliphatic hydroxyl groups is 1. The smallest absolute Gasteiger partial charge is 0.0716 e. The van der Waals surface area contributed by atoms with Crippen LogP contribution in [0.25, 0.3) is 0 Å². The average Bonchev–Trinajstić information content (AvgIpc) is 2.46. The summed E-state index contributed by atoms with van der Waals surface area (Å²) in [5.74, 6) is 1.17. The van der Waals surface area contributed by atoms with E-state index in [1.165, 1.54) is 5.56 Å². The van der Waals surface area contributed by atoms with Crippen molar-refractivity contribution in [3.8, 4) is 0 Å². The zero-order chi connectivity index (χ0) is 14.4. The molecule has 0 aromatic heterocycles. The van der Waals surface area contributed by atoms with Crippen LogP contribution in [-0.4, -0.2) is 17.3 Å². The van der Waals surface area contributed by atoms with Crippen molar-refractivity contribution in [3.63, 3.8) is 0 Å². The molecule has 1 saturated carbocycles. The Hall–Kier alpha value is -0.860. The van der Waals surface area contributed by atoms with E-state index in [9.17, 15) is 5.11 Å². The van der Waals surface area contributed by atoms with Gasteiger partial charge in [0, 0.05) is 6.61 Å². The molecular formula is C18H28O2. The van der Waals surface area contributed by atoms with E-state index in [0.29, 0.717) is 12.5 Å². The van der Waals surface area contributed by atoms with Crippen LogP contribution in [0.2, 0.25) is 0 Å². The van der Waals surface area contributed by atoms with Crippen LogP contribution in [0.5, 0.6) is 0 Å². The molecule has 1 N–H and O–H groups in total. The minimum Gasteiger partial charge on any atom is -0.390 e. The SMILES string of the molecule is CC[C@@H]1C[C@H](CCOCc2ccccc2)CC[C@]1(C)O. The molecule has 0 amide bonds. The lowest BCUT2D eigenvalue weighted by molar-refractivity contribution is -0.0519. The fraction of sp³-hybridized carbons (Fsp3) is 0.667. The third-order valence-corrected chi connectivity index (χ3v) is 4.83. The van der Waals surface area contributed by atoms with Gasteiger partial charge in [0.2, 0.25) is 0 Å². The van der Waals surface area contributed by atoms with Gasteiger partial charge in [-0.1, -0.05) is 43.7 Å². The van der Waals surface area contributed by atoms with Crippen LogP contribution >= 0.6 is 0 Å². The van der Waals surface area contributed by atoms with Crippen molar-refractivity contribution in [1.82, 2.24) is 0 Å². The number of ether oxygens (including phenoxy) is 1. The van der Waals surface area contributed by atoms with Gasteiger partial charge in [-0.05, 0) is 50.0 Å². The van der Waals surface area contributed by atoms with Crippen LogP contribution in [0.3, 0.4) is 0 Å². The van der Waals surface area contributed by atoms with Gasteiger partial charge in [0.15, 0.2) is 0 Å². The highest BCUT2D eigenvalue weighted by Crippen LogP contribution is 2.39. The fourth-order valence-electron chi connectivity index (χ4n) is 3.36. The van der Waals surface area contributed by atoms with Gasteiger partial charge < -0.3 is 9.84 Å². The largest absolute Gasteiger partial charge is 0.390 e. The van der Waals surface area contributed by atoms with Gasteiger partial charge >= 0.3 is 0 Å². The van der Waals surface area contributed by atoms with Crippen LogP contribution in [0.15, 0.2) is 30.3 Å². The summed E-state index contributed by atoms with van der Waals surface area (Å²) in [6, 6.07) is 10.3. The molecule has 112 valence electrons. The number of hydrogen-bond donors (Lipinski definition) is 1. The highest BCUT2D eigenvalue weighted by Gasteiger charge is 2.36. The molecule has 2 nitrogen and oxygen atoms in total. The van der Waals surface area contributed by atoms with E-state index in [1.54, 1.807) is 0 Å². The summed E-state index contributed by atoms with van der Waals surface area (Å²) < 4.78 is 5.78. The molecule has 1 aliphatic carbocycles. The minimum atomic E-state index is -0.448. The Morgan fingerprint density at radius 3 is 2.75 bits per heavy atom. The first kappa shape index (κ1) is 15.5. The normalized spacial score (nSPS) is 30.4. The Kier molecular flexibility index (Phi) is 5.62. The number of rotatable bonds is 6. The van der Waals surface area contributed by atoms with Gasteiger partial charge in [0.1, 0.15) is 0 Å². The molecule has 3 atom stereocenters. The van der Waals surface area contributed by atoms with Crippen molar-refractivity contribution in [1.29, 1.82) is 0 Å². The summed E-state index contributed by atoms with van der Waals surface area (Å²) in [5, 5.41) is 10.3. The first-order valence-electron chi connectivity index (χ1n) is 7.96. The molecule has 0 heterocycles. The van der Waals surface area contributed by atoms with E-state index in [2.05, 4.69) is 19.1 Å². The molecule has 0 aliphatic heterocycles. The van der Waals surface area contributed by atoms with E-state index >= 15 is 0 Å². The summed E-state index contributed by atoms with van der Waals surface area (Å²) in [6.07, 6.45) is 5.43. The lowest BCUT2D eigenvalue weighted by Crippen LogP contribution is -2.40. The fourth-order valence-corrected chi connectivity index (χ4v) is 3.36. The lowest BCUT2D eigenvalue weighted by Gasteiger charge is -2.40. The maximum atomic E-state index is 10.3. The van der Waals surface area contributed by atoms with Crippen LogP contribution in [0.4, 0.5) is 0 Å². The Morgan fingerprint density at radius 1 is 1.30 bits per heavy atom. The molecular weight excluding hydrogens is 248 g/mol. The monoisotopic (exact) mass is 276 g/mol. The van der Waals surface area contributed by atoms with Crippen molar-refractivity contribution in [2.24, 2.45) is 11.8 Å². The van der Waals surface area contributed by atoms with Crippen molar-refractivity contribution in [3.05, 3.63) is 35.9 Å². The minimum absolute atomic E-state index is 0.448. The van der Waals surface area contributed by atoms with Gasteiger partial charge in [-0.2, -0.15) is 0 Å². The molecule has 20 heavy (non-hydrogen) atoms.